The van der Waals surface area contributed by atoms with Crippen LogP contribution in [-0.4, -0.2) is 69.7 Å². The van der Waals surface area contributed by atoms with Crippen LogP contribution < -0.4 is 4.90 Å². The topological polar surface area (TPSA) is 53.3 Å². The van der Waals surface area contributed by atoms with E-state index in [0.29, 0.717) is 12.0 Å². The van der Waals surface area contributed by atoms with Crippen molar-refractivity contribution in [3.05, 3.63) is 23.8 Å². The monoisotopic (exact) mass is 377 g/mol. The van der Waals surface area contributed by atoms with Crippen LogP contribution in [0.1, 0.15) is 37.2 Å². The molecule has 0 unspecified atom stereocenters. The number of nitrogens with zero attached hydrogens (tertiary/aromatic N) is 7. The number of hydrogen-bond donors (Lipinski definition) is 0. The van der Waals surface area contributed by atoms with E-state index in [-0.39, 0.29) is 0 Å². The molecule has 0 radical (unpaired) electrons. The molecule has 0 spiro atoms. The van der Waals surface area contributed by atoms with E-state index >= 15 is 0 Å². The second kappa shape index (κ2) is 8.45. The average molecular weight is 378 g/mol. The van der Waals surface area contributed by atoms with Crippen LogP contribution in [0.2, 0.25) is 0 Å². The summed E-state index contributed by atoms with van der Waals surface area (Å²) >= 11 is 1.47. The predicted octanol–water partition coefficient (Wildman–Crippen LogP) is 2.24. The minimum atomic E-state index is 0.450. The molecular weight excluding hydrogens is 346 g/mol. The zero-order valence-corrected chi connectivity index (χ0v) is 17.4. The third-order valence-electron chi connectivity index (χ3n) is 5.13. The SMILES string of the molecule is CCN1CCC[C@@H](CN(C)Cc2nsc(N(C)C)n2)[C@@H]1c1cnn(C)c1. The van der Waals surface area contributed by atoms with Crippen LogP contribution in [-0.2, 0) is 13.6 Å². The molecule has 26 heavy (non-hydrogen) atoms. The molecule has 3 heterocycles. The molecule has 0 N–H and O–H groups in total. The second-order valence-corrected chi connectivity index (χ2v) is 8.24. The van der Waals surface area contributed by atoms with Gasteiger partial charge in [0.2, 0.25) is 5.13 Å². The number of piperidine rings is 1. The maximum atomic E-state index is 4.62. The zero-order valence-electron chi connectivity index (χ0n) is 16.6. The summed E-state index contributed by atoms with van der Waals surface area (Å²) in [4.78, 5) is 11.6. The molecule has 0 amide bonds. The number of hydrogen-bond acceptors (Lipinski definition) is 7. The van der Waals surface area contributed by atoms with Gasteiger partial charge >= 0.3 is 0 Å². The molecule has 8 heteroatoms. The molecule has 2 atom stereocenters. The summed E-state index contributed by atoms with van der Waals surface area (Å²) in [7, 11) is 8.20. The van der Waals surface area contributed by atoms with Crippen LogP contribution in [0.5, 0.6) is 0 Å². The van der Waals surface area contributed by atoms with Gasteiger partial charge in [-0.15, -0.1) is 0 Å². The van der Waals surface area contributed by atoms with E-state index in [2.05, 4.69) is 44.4 Å². The Morgan fingerprint density at radius 1 is 1.31 bits per heavy atom. The Morgan fingerprint density at radius 3 is 2.73 bits per heavy atom. The highest BCUT2D eigenvalue weighted by atomic mass is 32.1. The minimum Gasteiger partial charge on any atom is -0.353 e. The highest BCUT2D eigenvalue weighted by Gasteiger charge is 2.33. The molecule has 1 aliphatic rings. The third kappa shape index (κ3) is 4.42. The summed E-state index contributed by atoms with van der Waals surface area (Å²) in [5.41, 5.74) is 1.34. The lowest BCUT2D eigenvalue weighted by Gasteiger charge is -2.42. The van der Waals surface area contributed by atoms with Crippen molar-refractivity contribution < 1.29 is 0 Å². The van der Waals surface area contributed by atoms with Gasteiger partial charge in [-0.05, 0) is 38.9 Å². The molecule has 7 nitrogen and oxygen atoms in total. The fourth-order valence-corrected chi connectivity index (χ4v) is 4.57. The number of aryl methyl sites for hydroxylation is 1. The first-order valence-electron chi connectivity index (χ1n) is 9.39. The van der Waals surface area contributed by atoms with E-state index in [4.69, 9.17) is 0 Å². The van der Waals surface area contributed by atoms with E-state index in [1.807, 2.05) is 36.9 Å². The zero-order chi connectivity index (χ0) is 18.7. The minimum absolute atomic E-state index is 0.450. The Labute approximate surface area is 160 Å². The quantitative estimate of drug-likeness (QED) is 0.738. The number of rotatable bonds is 7. The van der Waals surface area contributed by atoms with Gasteiger partial charge in [-0.25, -0.2) is 4.98 Å². The van der Waals surface area contributed by atoms with Crippen molar-refractivity contribution in [2.75, 3.05) is 45.7 Å². The van der Waals surface area contributed by atoms with Crippen molar-refractivity contribution in [3.63, 3.8) is 0 Å². The summed E-state index contributed by atoms with van der Waals surface area (Å²) in [6, 6.07) is 0.450. The van der Waals surface area contributed by atoms with Gasteiger partial charge in [0.15, 0.2) is 5.82 Å². The Hall–Kier alpha value is -1.51. The Kier molecular flexibility index (Phi) is 6.26. The first kappa shape index (κ1) is 19.3. The summed E-state index contributed by atoms with van der Waals surface area (Å²) in [6.07, 6.45) is 6.74. The molecule has 1 aliphatic heterocycles. The van der Waals surface area contributed by atoms with E-state index < -0.39 is 0 Å². The molecular formula is C18H31N7S. The van der Waals surface area contributed by atoms with Crippen LogP contribution in [0.25, 0.3) is 0 Å². The standard InChI is InChI=1S/C18H31N7S/c1-6-25-9-7-8-14(17(25)15-10-19-24(5)12-15)11-23(4)13-16-20-18(22(2)3)26-21-16/h10,12,14,17H,6-9,11,13H2,1-5H3/t14-,17+/m0/s1. The predicted molar refractivity (Wildman–Crippen MR) is 106 cm³/mol. The molecule has 0 bridgehead atoms. The van der Waals surface area contributed by atoms with Gasteiger partial charge in [-0.3, -0.25) is 14.5 Å². The number of anilines is 1. The summed E-state index contributed by atoms with van der Waals surface area (Å²) in [6.45, 7) is 6.37. The summed E-state index contributed by atoms with van der Waals surface area (Å²) < 4.78 is 6.42. The highest BCUT2D eigenvalue weighted by molar-refractivity contribution is 7.09. The number of likely N-dealkylation sites (tertiary alicyclic amines) is 1. The van der Waals surface area contributed by atoms with Crippen LogP contribution in [0.4, 0.5) is 5.13 Å². The van der Waals surface area contributed by atoms with Gasteiger partial charge < -0.3 is 4.90 Å². The third-order valence-corrected chi connectivity index (χ3v) is 6.05. The van der Waals surface area contributed by atoms with Crippen LogP contribution >= 0.6 is 11.5 Å². The van der Waals surface area contributed by atoms with Crippen molar-refractivity contribution in [3.8, 4) is 0 Å². The van der Waals surface area contributed by atoms with Crippen LogP contribution in [0.15, 0.2) is 12.4 Å². The summed E-state index contributed by atoms with van der Waals surface area (Å²) in [5, 5.41) is 5.38. The molecule has 0 aromatic carbocycles. The molecule has 2 aromatic rings. The van der Waals surface area contributed by atoms with E-state index in [1.165, 1.54) is 36.5 Å². The van der Waals surface area contributed by atoms with Gasteiger partial charge in [0.05, 0.1) is 12.7 Å². The Bertz CT molecular complexity index is 695. The Morgan fingerprint density at radius 2 is 2.12 bits per heavy atom. The van der Waals surface area contributed by atoms with Crippen molar-refractivity contribution in [1.29, 1.82) is 0 Å². The fraction of sp³-hybridized carbons (Fsp3) is 0.722. The molecule has 144 valence electrons. The lowest BCUT2D eigenvalue weighted by atomic mass is 9.85. The molecule has 3 rings (SSSR count). The van der Waals surface area contributed by atoms with Crippen molar-refractivity contribution in [1.82, 2.24) is 28.9 Å². The maximum absolute atomic E-state index is 4.62. The largest absolute Gasteiger partial charge is 0.353 e. The first-order valence-corrected chi connectivity index (χ1v) is 10.2. The summed E-state index contributed by atoms with van der Waals surface area (Å²) in [5.74, 6) is 1.52. The molecule has 0 aliphatic carbocycles. The maximum Gasteiger partial charge on any atom is 0.204 e. The van der Waals surface area contributed by atoms with Crippen LogP contribution in [0.3, 0.4) is 0 Å². The van der Waals surface area contributed by atoms with E-state index in [9.17, 15) is 0 Å². The van der Waals surface area contributed by atoms with Gasteiger partial charge in [-0.2, -0.15) is 9.47 Å². The van der Waals surface area contributed by atoms with E-state index in [0.717, 1.165) is 30.6 Å². The smallest absolute Gasteiger partial charge is 0.204 e. The van der Waals surface area contributed by atoms with Crippen LogP contribution in [0, 0.1) is 5.92 Å². The normalized spacial score (nSPS) is 21.5. The van der Waals surface area contributed by atoms with Crippen molar-refractivity contribution in [2.45, 2.75) is 32.4 Å². The molecule has 0 saturated carbocycles. The lowest BCUT2D eigenvalue weighted by molar-refractivity contribution is 0.0745. The Balaban J connectivity index is 1.68. The second-order valence-electron chi connectivity index (χ2n) is 7.51. The lowest BCUT2D eigenvalue weighted by Crippen LogP contribution is -2.42. The first-order chi connectivity index (χ1) is 12.5. The van der Waals surface area contributed by atoms with Gasteiger partial charge in [0.25, 0.3) is 0 Å². The average Bonchev–Trinajstić information content (AvgIpc) is 3.23. The van der Waals surface area contributed by atoms with Gasteiger partial charge in [0, 0.05) is 57.0 Å². The van der Waals surface area contributed by atoms with Gasteiger partial charge in [-0.1, -0.05) is 6.92 Å². The van der Waals surface area contributed by atoms with Crippen molar-refractivity contribution in [2.24, 2.45) is 13.0 Å². The molecule has 1 fully saturated rings. The highest BCUT2D eigenvalue weighted by Crippen LogP contribution is 2.36. The van der Waals surface area contributed by atoms with E-state index in [1.54, 1.807) is 0 Å². The number of aromatic nitrogens is 4. The fourth-order valence-electron chi connectivity index (χ4n) is 3.97. The molecule has 2 aromatic heterocycles. The van der Waals surface area contributed by atoms with Crippen molar-refractivity contribution >= 4 is 16.7 Å². The molecule has 1 saturated heterocycles. The van der Waals surface area contributed by atoms with Gasteiger partial charge in [0.1, 0.15) is 0 Å².